The number of carbonyl (C=O) groups excluding carboxylic acids is 1. The molecular weight excluding hydrogens is 152 g/mol. The van der Waals surface area contributed by atoms with Crippen molar-refractivity contribution in [1.29, 1.82) is 0 Å². The number of rotatable bonds is 2. The molecule has 0 N–H and O–H groups in total. The van der Waals surface area contributed by atoms with E-state index in [9.17, 15) is 4.79 Å². The third-order valence-electron chi connectivity index (χ3n) is 2.45. The first-order valence-electron chi connectivity index (χ1n) is 4.29. The predicted molar refractivity (Wildman–Crippen MR) is 45.2 cm³/mol. The van der Waals surface area contributed by atoms with Crippen LogP contribution in [0.5, 0.6) is 0 Å². The second-order valence-electron chi connectivity index (χ2n) is 3.58. The van der Waals surface area contributed by atoms with Gasteiger partial charge in [-0.05, 0) is 24.5 Å². The van der Waals surface area contributed by atoms with Crippen LogP contribution in [-0.4, -0.2) is 5.78 Å². The highest BCUT2D eigenvalue weighted by molar-refractivity contribution is 5.91. The first-order chi connectivity index (χ1) is 5.68. The van der Waals surface area contributed by atoms with E-state index in [2.05, 4.69) is 6.92 Å². The molecule has 2 nitrogen and oxygen atoms in total. The fourth-order valence-corrected chi connectivity index (χ4v) is 1.46. The molecule has 1 aromatic heterocycles. The van der Waals surface area contributed by atoms with Crippen molar-refractivity contribution < 1.29 is 9.21 Å². The number of carbonyl (C=O) groups is 1. The summed E-state index contributed by atoms with van der Waals surface area (Å²) in [6.45, 7) is 3.72. The molecule has 0 saturated heterocycles. The van der Waals surface area contributed by atoms with Gasteiger partial charge >= 0.3 is 0 Å². The number of hydrogen-bond acceptors (Lipinski definition) is 2. The van der Waals surface area contributed by atoms with Crippen molar-refractivity contribution in [2.45, 2.75) is 26.2 Å². The van der Waals surface area contributed by atoms with Gasteiger partial charge in [0.2, 0.25) is 0 Å². The van der Waals surface area contributed by atoms with Crippen molar-refractivity contribution in [2.24, 2.45) is 5.92 Å². The van der Waals surface area contributed by atoms with E-state index in [1.54, 1.807) is 6.07 Å². The molecule has 1 aliphatic carbocycles. The van der Waals surface area contributed by atoms with Crippen LogP contribution >= 0.6 is 0 Å². The van der Waals surface area contributed by atoms with E-state index in [0.717, 1.165) is 11.7 Å². The molecule has 0 aliphatic heterocycles. The molecule has 2 atom stereocenters. The maximum atomic E-state index is 10.9. The number of hydrogen-bond donors (Lipinski definition) is 0. The molecule has 0 spiro atoms. The Labute approximate surface area is 71.6 Å². The third kappa shape index (κ3) is 1.17. The molecule has 0 amide bonds. The third-order valence-corrected chi connectivity index (χ3v) is 2.45. The smallest absolute Gasteiger partial charge is 0.194 e. The molecule has 0 radical (unpaired) electrons. The molecule has 2 rings (SSSR count). The monoisotopic (exact) mass is 164 g/mol. The van der Waals surface area contributed by atoms with E-state index in [-0.39, 0.29) is 5.78 Å². The van der Waals surface area contributed by atoms with Crippen molar-refractivity contribution in [3.8, 4) is 0 Å². The van der Waals surface area contributed by atoms with Gasteiger partial charge in [-0.2, -0.15) is 0 Å². The van der Waals surface area contributed by atoms with E-state index in [4.69, 9.17) is 4.42 Å². The highest BCUT2D eigenvalue weighted by Crippen LogP contribution is 2.47. The second-order valence-corrected chi connectivity index (χ2v) is 3.58. The largest absolute Gasteiger partial charge is 0.458 e. The molecule has 0 aromatic carbocycles. The molecule has 2 unspecified atom stereocenters. The molecule has 1 aromatic rings. The molecule has 1 heterocycles. The van der Waals surface area contributed by atoms with Gasteiger partial charge in [0.05, 0.1) is 0 Å². The lowest BCUT2D eigenvalue weighted by molar-refractivity contribution is 0.0985. The maximum Gasteiger partial charge on any atom is 0.194 e. The van der Waals surface area contributed by atoms with Crippen LogP contribution in [0.1, 0.15) is 42.5 Å². The summed E-state index contributed by atoms with van der Waals surface area (Å²) in [7, 11) is 0. The van der Waals surface area contributed by atoms with Crippen LogP contribution in [0.2, 0.25) is 0 Å². The Bertz CT molecular complexity index is 311. The van der Waals surface area contributed by atoms with E-state index in [0.29, 0.717) is 11.7 Å². The molecule has 1 saturated carbocycles. The van der Waals surface area contributed by atoms with Gasteiger partial charge < -0.3 is 4.42 Å². The first kappa shape index (κ1) is 7.59. The SMILES string of the molecule is CC(=O)c1ccc(C2CC2C)o1. The molecule has 12 heavy (non-hydrogen) atoms. The normalized spacial score (nSPS) is 27.2. The molecule has 1 aliphatic rings. The minimum atomic E-state index is 0.00885. The van der Waals surface area contributed by atoms with Crippen molar-refractivity contribution in [1.82, 2.24) is 0 Å². The van der Waals surface area contributed by atoms with E-state index in [1.807, 2.05) is 6.07 Å². The fourth-order valence-electron chi connectivity index (χ4n) is 1.46. The summed E-state index contributed by atoms with van der Waals surface area (Å²) in [6, 6.07) is 3.69. The Morgan fingerprint density at radius 3 is 2.67 bits per heavy atom. The van der Waals surface area contributed by atoms with Crippen LogP contribution in [-0.2, 0) is 0 Å². The quantitative estimate of drug-likeness (QED) is 0.629. The minimum Gasteiger partial charge on any atom is -0.458 e. The van der Waals surface area contributed by atoms with Gasteiger partial charge in [0, 0.05) is 12.8 Å². The fraction of sp³-hybridized carbons (Fsp3) is 0.500. The summed E-state index contributed by atoms with van der Waals surface area (Å²) in [5.41, 5.74) is 0. The van der Waals surface area contributed by atoms with Crippen molar-refractivity contribution in [3.63, 3.8) is 0 Å². The summed E-state index contributed by atoms with van der Waals surface area (Å²) >= 11 is 0. The molecular formula is C10H12O2. The number of ketones is 1. The van der Waals surface area contributed by atoms with Gasteiger partial charge in [0.1, 0.15) is 5.76 Å². The van der Waals surface area contributed by atoms with Gasteiger partial charge in [-0.15, -0.1) is 0 Å². The highest BCUT2D eigenvalue weighted by atomic mass is 16.3. The van der Waals surface area contributed by atoms with Crippen molar-refractivity contribution >= 4 is 5.78 Å². The van der Waals surface area contributed by atoms with Crippen LogP contribution < -0.4 is 0 Å². The number of Topliss-reactive ketones (excluding diaryl/α,β-unsaturated/α-hetero) is 1. The van der Waals surface area contributed by atoms with Crippen molar-refractivity contribution in [2.75, 3.05) is 0 Å². The minimum absolute atomic E-state index is 0.00885. The van der Waals surface area contributed by atoms with Crippen LogP contribution in [0.15, 0.2) is 16.5 Å². The summed E-state index contributed by atoms with van der Waals surface area (Å²) in [5.74, 6) is 2.78. The lowest BCUT2D eigenvalue weighted by atomic mass is 10.3. The van der Waals surface area contributed by atoms with E-state index < -0.39 is 0 Å². The summed E-state index contributed by atoms with van der Waals surface area (Å²) in [5, 5.41) is 0. The first-order valence-corrected chi connectivity index (χ1v) is 4.29. The number of furan rings is 1. The lowest BCUT2D eigenvalue weighted by Crippen LogP contribution is -1.86. The van der Waals surface area contributed by atoms with Crippen LogP contribution in [0.4, 0.5) is 0 Å². The Hall–Kier alpha value is -1.05. The molecule has 2 heteroatoms. The molecule has 64 valence electrons. The molecule has 0 bridgehead atoms. The molecule has 1 fully saturated rings. The topological polar surface area (TPSA) is 30.2 Å². The summed E-state index contributed by atoms with van der Waals surface area (Å²) in [4.78, 5) is 10.9. The Balaban J connectivity index is 2.19. The Morgan fingerprint density at radius 1 is 1.58 bits per heavy atom. The van der Waals surface area contributed by atoms with Gasteiger partial charge in [-0.25, -0.2) is 0 Å². The predicted octanol–water partition coefficient (Wildman–Crippen LogP) is 2.61. The zero-order valence-electron chi connectivity index (χ0n) is 7.33. The standard InChI is InChI=1S/C10H12O2/c1-6-5-8(6)10-4-3-9(12-10)7(2)11/h3-4,6,8H,5H2,1-2H3. The zero-order chi connectivity index (χ0) is 8.72. The van der Waals surface area contributed by atoms with Gasteiger partial charge in [-0.1, -0.05) is 6.92 Å². The Morgan fingerprint density at radius 2 is 2.25 bits per heavy atom. The Kier molecular flexibility index (Phi) is 1.56. The average molecular weight is 164 g/mol. The van der Waals surface area contributed by atoms with Crippen LogP contribution in [0.25, 0.3) is 0 Å². The van der Waals surface area contributed by atoms with Gasteiger partial charge in [-0.3, -0.25) is 4.79 Å². The van der Waals surface area contributed by atoms with Gasteiger partial charge in [0.25, 0.3) is 0 Å². The van der Waals surface area contributed by atoms with E-state index >= 15 is 0 Å². The highest BCUT2D eigenvalue weighted by Gasteiger charge is 2.36. The summed E-state index contributed by atoms with van der Waals surface area (Å²) < 4.78 is 5.39. The van der Waals surface area contributed by atoms with Gasteiger partial charge in [0.15, 0.2) is 11.5 Å². The summed E-state index contributed by atoms with van der Waals surface area (Å²) in [6.07, 6.45) is 1.20. The zero-order valence-corrected chi connectivity index (χ0v) is 7.33. The lowest BCUT2D eigenvalue weighted by Gasteiger charge is -1.90. The van der Waals surface area contributed by atoms with Crippen LogP contribution in [0.3, 0.4) is 0 Å². The van der Waals surface area contributed by atoms with Crippen LogP contribution in [0, 0.1) is 5.92 Å². The maximum absolute atomic E-state index is 10.9. The van der Waals surface area contributed by atoms with E-state index in [1.165, 1.54) is 13.3 Å². The van der Waals surface area contributed by atoms with Crippen molar-refractivity contribution in [3.05, 3.63) is 23.7 Å². The average Bonchev–Trinajstić information content (AvgIpc) is 2.59. The second kappa shape index (κ2) is 2.47.